The van der Waals surface area contributed by atoms with Crippen molar-refractivity contribution in [3.8, 4) is 0 Å². The molecule has 2 amide bonds. The van der Waals surface area contributed by atoms with Gasteiger partial charge in [-0.15, -0.1) is 0 Å². The predicted molar refractivity (Wildman–Crippen MR) is 125 cm³/mol. The van der Waals surface area contributed by atoms with Gasteiger partial charge in [-0.3, -0.25) is 24.1 Å². The van der Waals surface area contributed by atoms with Crippen molar-refractivity contribution in [3.05, 3.63) is 33.8 Å². The summed E-state index contributed by atoms with van der Waals surface area (Å²) in [5, 5.41) is 5.69. The van der Waals surface area contributed by atoms with Crippen LogP contribution in [0.1, 0.15) is 44.5 Å². The summed E-state index contributed by atoms with van der Waals surface area (Å²) in [6.45, 7) is 6.70. The molecule has 180 valence electrons. The number of carbonyl (C=O) groups is 4. The normalized spacial score (nSPS) is 20.4. The Hall–Kier alpha value is -2.30. The van der Waals surface area contributed by atoms with Gasteiger partial charge in [-0.2, -0.15) is 0 Å². The lowest BCUT2D eigenvalue weighted by atomic mass is 9.73. The number of hydrogen-bond donors (Lipinski definition) is 2. The van der Waals surface area contributed by atoms with E-state index in [2.05, 4.69) is 10.6 Å². The number of benzene rings is 1. The first-order chi connectivity index (χ1) is 15.4. The summed E-state index contributed by atoms with van der Waals surface area (Å²) in [4.78, 5) is 51.5. The first-order valence-electron chi connectivity index (χ1n) is 10.6. The Labute approximate surface area is 203 Å². The molecule has 0 saturated carbocycles. The predicted octanol–water partition coefficient (Wildman–Crippen LogP) is 2.09. The fourth-order valence-electron chi connectivity index (χ4n) is 3.21. The molecular weight excluding hydrogens is 472 g/mol. The second-order valence-corrected chi connectivity index (χ2v) is 9.21. The number of carbonyl (C=O) groups excluding carboxylic acids is 4. The molecule has 2 N–H and O–H groups in total. The highest BCUT2D eigenvalue weighted by molar-refractivity contribution is 6.51. The lowest BCUT2D eigenvalue weighted by molar-refractivity contribution is -0.153. The Bertz CT molecular complexity index is 892. The lowest BCUT2D eigenvalue weighted by Crippen LogP contribution is -2.59. The Morgan fingerprint density at radius 3 is 2.24 bits per heavy atom. The molecule has 33 heavy (non-hydrogen) atoms. The number of nitrogens with zero attached hydrogens (tertiary/aromatic N) is 1. The standard InChI is InChI=1S/C21H28BCl2N3O6/c1-11(2)8-17(22-32-20(30)12(3)27(5)13(4)21(31)33-22)26-18(28)10-25-19(29)15-9-14(23)6-7-16(15)24/h6-7,9,11-13,17H,8,10H2,1-5H3,(H,25,29)(H,26,28)/t12-,13-,17-/m0/s1. The highest BCUT2D eigenvalue weighted by Crippen LogP contribution is 2.20. The van der Waals surface area contributed by atoms with E-state index < -0.39 is 48.9 Å². The Morgan fingerprint density at radius 2 is 1.70 bits per heavy atom. The first-order valence-corrected chi connectivity index (χ1v) is 11.3. The molecule has 0 spiro atoms. The van der Waals surface area contributed by atoms with Gasteiger partial charge in [0.2, 0.25) is 5.91 Å². The van der Waals surface area contributed by atoms with Gasteiger partial charge in [-0.1, -0.05) is 37.0 Å². The van der Waals surface area contributed by atoms with E-state index in [0.29, 0.717) is 11.4 Å². The van der Waals surface area contributed by atoms with Gasteiger partial charge < -0.3 is 19.9 Å². The molecule has 2 rings (SSSR count). The summed E-state index contributed by atoms with van der Waals surface area (Å²) >= 11 is 11.9. The summed E-state index contributed by atoms with van der Waals surface area (Å²) < 4.78 is 10.8. The Morgan fingerprint density at radius 1 is 1.12 bits per heavy atom. The van der Waals surface area contributed by atoms with Crippen LogP contribution in [0.5, 0.6) is 0 Å². The molecule has 0 aliphatic carbocycles. The van der Waals surface area contributed by atoms with E-state index in [1.54, 1.807) is 31.9 Å². The zero-order chi connectivity index (χ0) is 24.9. The fraction of sp³-hybridized carbons (Fsp3) is 0.524. The van der Waals surface area contributed by atoms with Crippen LogP contribution in [0, 0.1) is 5.92 Å². The van der Waals surface area contributed by atoms with E-state index >= 15 is 0 Å². The number of nitrogens with one attached hydrogen (secondary N) is 2. The average Bonchev–Trinajstić information content (AvgIpc) is 2.75. The van der Waals surface area contributed by atoms with Crippen LogP contribution < -0.4 is 10.6 Å². The summed E-state index contributed by atoms with van der Waals surface area (Å²) in [5.74, 6) is -3.01. The average molecular weight is 500 g/mol. The zero-order valence-corrected chi connectivity index (χ0v) is 20.7. The molecule has 12 heteroatoms. The Balaban J connectivity index is 2.10. The molecule has 1 aromatic carbocycles. The molecule has 0 bridgehead atoms. The van der Waals surface area contributed by atoms with Crippen LogP contribution >= 0.6 is 23.2 Å². The summed E-state index contributed by atoms with van der Waals surface area (Å²) in [5.41, 5.74) is 0.130. The van der Waals surface area contributed by atoms with Gasteiger partial charge in [-0.25, -0.2) is 0 Å². The minimum absolute atomic E-state index is 0.0792. The van der Waals surface area contributed by atoms with E-state index in [0.717, 1.165) is 0 Å². The second kappa shape index (κ2) is 11.7. The third-order valence-corrected chi connectivity index (χ3v) is 5.92. The van der Waals surface area contributed by atoms with Crippen molar-refractivity contribution in [2.24, 2.45) is 5.92 Å². The van der Waals surface area contributed by atoms with Crippen LogP contribution in [-0.4, -0.2) is 67.4 Å². The third-order valence-electron chi connectivity index (χ3n) is 5.35. The summed E-state index contributed by atoms with van der Waals surface area (Å²) in [6.07, 6.45) is 0.365. The molecule has 0 aromatic heterocycles. The number of likely N-dealkylation sites (N-methyl/N-ethyl adjacent to an activating group) is 1. The Kier molecular flexibility index (Phi) is 9.57. The van der Waals surface area contributed by atoms with Gasteiger partial charge >= 0.3 is 19.1 Å². The molecule has 0 radical (unpaired) electrons. The highest BCUT2D eigenvalue weighted by Gasteiger charge is 2.44. The van der Waals surface area contributed by atoms with Gasteiger partial charge in [0.15, 0.2) is 0 Å². The van der Waals surface area contributed by atoms with Crippen molar-refractivity contribution in [1.82, 2.24) is 15.5 Å². The molecule has 1 fully saturated rings. The second-order valence-electron chi connectivity index (χ2n) is 8.37. The molecule has 0 unspecified atom stereocenters. The lowest BCUT2D eigenvalue weighted by Gasteiger charge is -2.34. The maximum Gasteiger partial charge on any atom is 0.622 e. The number of rotatable bonds is 7. The quantitative estimate of drug-likeness (QED) is 0.552. The van der Waals surface area contributed by atoms with Crippen molar-refractivity contribution >= 4 is 54.1 Å². The SMILES string of the molecule is CC(C)C[C@H](NC(=O)CNC(=O)c1cc(Cl)ccc1Cl)B1OC(=O)[C@H](C)N(C)[C@@H](C)C(=O)O1. The topological polar surface area (TPSA) is 114 Å². The van der Waals surface area contributed by atoms with Gasteiger partial charge in [0.1, 0.15) is 12.1 Å². The summed E-state index contributed by atoms with van der Waals surface area (Å²) in [7, 11) is 0.327. The van der Waals surface area contributed by atoms with Crippen molar-refractivity contribution < 1.29 is 28.5 Å². The first kappa shape index (κ1) is 27.0. The minimum Gasteiger partial charge on any atom is -0.497 e. The van der Waals surface area contributed by atoms with Gasteiger partial charge in [0, 0.05) is 5.02 Å². The maximum absolute atomic E-state index is 12.6. The fourth-order valence-corrected chi connectivity index (χ4v) is 3.59. The van der Waals surface area contributed by atoms with Gasteiger partial charge in [-0.05, 0) is 51.4 Å². The summed E-state index contributed by atoms with van der Waals surface area (Å²) in [6, 6.07) is 3.07. The van der Waals surface area contributed by atoms with E-state index in [1.807, 2.05) is 13.8 Å². The largest absolute Gasteiger partial charge is 0.622 e. The van der Waals surface area contributed by atoms with Crippen LogP contribution in [0.2, 0.25) is 10.0 Å². The van der Waals surface area contributed by atoms with E-state index in [4.69, 9.17) is 32.5 Å². The van der Waals surface area contributed by atoms with Crippen LogP contribution in [0.15, 0.2) is 18.2 Å². The smallest absolute Gasteiger partial charge is 0.497 e. The zero-order valence-electron chi connectivity index (χ0n) is 19.2. The van der Waals surface area contributed by atoms with Gasteiger partial charge in [0.25, 0.3) is 5.91 Å². The highest BCUT2D eigenvalue weighted by atomic mass is 35.5. The maximum atomic E-state index is 12.6. The van der Waals surface area contributed by atoms with Crippen molar-refractivity contribution in [2.75, 3.05) is 13.6 Å². The molecule has 1 aromatic rings. The van der Waals surface area contributed by atoms with Crippen LogP contribution in [0.4, 0.5) is 0 Å². The monoisotopic (exact) mass is 499 g/mol. The molecule has 1 aliphatic rings. The minimum atomic E-state index is -1.30. The van der Waals surface area contributed by atoms with E-state index in [9.17, 15) is 19.2 Å². The van der Waals surface area contributed by atoms with Crippen LogP contribution in [-0.2, 0) is 23.7 Å². The molecule has 1 aliphatic heterocycles. The van der Waals surface area contributed by atoms with Crippen molar-refractivity contribution in [1.29, 1.82) is 0 Å². The number of hydrogen-bond acceptors (Lipinski definition) is 7. The van der Waals surface area contributed by atoms with Crippen LogP contribution in [0.3, 0.4) is 0 Å². The van der Waals surface area contributed by atoms with Crippen LogP contribution in [0.25, 0.3) is 0 Å². The van der Waals surface area contributed by atoms with Crippen molar-refractivity contribution in [2.45, 2.75) is 52.1 Å². The molecule has 9 nitrogen and oxygen atoms in total. The van der Waals surface area contributed by atoms with E-state index in [-0.39, 0.29) is 23.0 Å². The van der Waals surface area contributed by atoms with Crippen molar-refractivity contribution in [3.63, 3.8) is 0 Å². The third kappa shape index (κ3) is 7.35. The molecule has 3 atom stereocenters. The molecular formula is C21H28BCl2N3O6. The number of amides is 2. The van der Waals surface area contributed by atoms with Gasteiger partial charge in [0.05, 0.1) is 23.1 Å². The van der Waals surface area contributed by atoms with E-state index in [1.165, 1.54) is 12.1 Å². The molecule has 1 saturated heterocycles. The number of halogens is 2. The molecule has 1 heterocycles.